The van der Waals surface area contributed by atoms with Gasteiger partial charge in [-0.2, -0.15) is 0 Å². The highest BCUT2D eigenvalue weighted by atomic mass is 35.5. The Labute approximate surface area is 193 Å². The zero-order valence-electron chi connectivity index (χ0n) is 16.6. The Morgan fingerprint density at radius 1 is 1.09 bits per heavy atom. The summed E-state index contributed by atoms with van der Waals surface area (Å²) in [6.07, 6.45) is -2.58. The molecule has 4 N–H and O–H groups in total. The summed E-state index contributed by atoms with van der Waals surface area (Å²) >= 11 is 12.3. The van der Waals surface area contributed by atoms with Crippen molar-refractivity contribution in [3.63, 3.8) is 0 Å². The molecule has 1 aliphatic heterocycles. The zero-order valence-corrected chi connectivity index (χ0v) is 18.1. The first-order valence-electron chi connectivity index (χ1n) is 9.46. The molecular weight excluding hydrogens is 463 g/mol. The second-order valence-corrected chi connectivity index (χ2v) is 7.75. The van der Waals surface area contributed by atoms with Gasteiger partial charge in [0.15, 0.2) is 12.2 Å². The van der Waals surface area contributed by atoms with Crippen LogP contribution in [0.15, 0.2) is 42.5 Å². The number of aliphatic carboxylic acids is 1. The predicted molar refractivity (Wildman–Crippen MR) is 114 cm³/mol. The molecule has 1 saturated heterocycles. The molecule has 1 fully saturated rings. The van der Waals surface area contributed by atoms with Gasteiger partial charge in [-0.1, -0.05) is 41.4 Å². The molecule has 0 spiro atoms. The van der Waals surface area contributed by atoms with Crippen LogP contribution in [0.5, 0.6) is 5.75 Å². The van der Waals surface area contributed by atoms with Crippen LogP contribution in [-0.2, 0) is 36.9 Å². The molecule has 0 radical (unpaired) electrons. The number of carboxylic acid groups (broad SMARTS) is 1. The Morgan fingerprint density at radius 3 is 2.31 bits per heavy atom. The third-order valence-corrected chi connectivity index (χ3v) is 5.44. The van der Waals surface area contributed by atoms with Crippen molar-refractivity contribution in [3.8, 4) is 5.75 Å². The number of carbonyl (C=O) groups excluding carboxylic acids is 2. The van der Waals surface area contributed by atoms with Crippen LogP contribution >= 0.6 is 23.2 Å². The molecule has 2 aromatic carbocycles. The fourth-order valence-electron chi connectivity index (χ4n) is 3.04. The number of amides is 2. The summed E-state index contributed by atoms with van der Waals surface area (Å²) in [5, 5.41) is 12.8. The molecule has 11 heteroatoms. The molecule has 3 atom stereocenters. The standard InChI is InChI=1S/C21H20Cl2N2O7/c22-14-2-1-3-15(23)13(14)9-30-12-6-4-11(5-7-12)8-16(21(28)29)25-20(27)18-17(19(24)26)31-10-32-18/h1-7,16-18H,8-10H2,(H2,24,26)(H,25,27)(H,28,29)/t16-,17+,18+/m0/s1. The third kappa shape index (κ3) is 5.89. The lowest BCUT2D eigenvalue weighted by Gasteiger charge is -2.19. The molecular formula is C21H20Cl2N2O7. The van der Waals surface area contributed by atoms with Gasteiger partial charge in [-0.15, -0.1) is 0 Å². The van der Waals surface area contributed by atoms with E-state index in [0.717, 1.165) is 0 Å². The molecule has 0 unspecified atom stereocenters. The number of halogens is 2. The maximum Gasteiger partial charge on any atom is 0.326 e. The fraction of sp³-hybridized carbons (Fsp3) is 0.286. The molecule has 1 heterocycles. The minimum absolute atomic E-state index is 0.00743. The van der Waals surface area contributed by atoms with Gasteiger partial charge >= 0.3 is 5.97 Å². The van der Waals surface area contributed by atoms with Gasteiger partial charge in [-0.3, -0.25) is 9.59 Å². The van der Waals surface area contributed by atoms with Crippen LogP contribution in [-0.4, -0.2) is 47.9 Å². The van der Waals surface area contributed by atoms with Gasteiger partial charge in [-0.25, -0.2) is 4.79 Å². The molecule has 2 aromatic rings. The summed E-state index contributed by atoms with van der Waals surface area (Å²) in [6.45, 7) is -0.125. The van der Waals surface area contributed by atoms with Crippen molar-refractivity contribution in [2.24, 2.45) is 5.73 Å². The van der Waals surface area contributed by atoms with Gasteiger partial charge in [-0.05, 0) is 29.8 Å². The molecule has 0 aromatic heterocycles. The number of hydrogen-bond acceptors (Lipinski definition) is 6. The SMILES string of the molecule is NC(=O)[C@@H]1OCO[C@H]1C(=O)N[C@@H](Cc1ccc(OCc2c(Cl)cccc2Cl)cc1)C(=O)O. The second-order valence-electron chi connectivity index (χ2n) is 6.93. The topological polar surface area (TPSA) is 137 Å². The minimum atomic E-state index is -1.30. The summed E-state index contributed by atoms with van der Waals surface area (Å²) in [5.74, 6) is -2.39. The van der Waals surface area contributed by atoms with E-state index in [4.69, 9.17) is 43.1 Å². The average molecular weight is 483 g/mol. The Morgan fingerprint density at radius 2 is 1.72 bits per heavy atom. The van der Waals surface area contributed by atoms with E-state index in [1.54, 1.807) is 42.5 Å². The Balaban J connectivity index is 1.60. The normalized spacial score (nSPS) is 18.7. The molecule has 0 aliphatic carbocycles. The van der Waals surface area contributed by atoms with Crippen molar-refractivity contribution in [2.45, 2.75) is 31.3 Å². The monoisotopic (exact) mass is 482 g/mol. The second kappa shape index (κ2) is 10.6. The summed E-state index contributed by atoms with van der Waals surface area (Å²) in [5.41, 5.74) is 6.45. The fourth-order valence-corrected chi connectivity index (χ4v) is 3.55. The van der Waals surface area contributed by atoms with E-state index in [1.165, 1.54) is 0 Å². The molecule has 2 amide bonds. The van der Waals surface area contributed by atoms with Crippen LogP contribution in [0.3, 0.4) is 0 Å². The number of ether oxygens (including phenoxy) is 3. The van der Waals surface area contributed by atoms with E-state index in [0.29, 0.717) is 26.9 Å². The number of nitrogens with one attached hydrogen (secondary N) is 1. The van der Waals surface area contributed by atoms with Crippen molar-refractivity contribution in [1.82, 2.24) is 5.32 Å². The number of nitrogens with two attached hydrogens (primary N) is 1. The highest BCUT2D eigenvalue weighted by Gasteiger charge is 2.40. The van der Waals surface area contributed by atoms with Crippen molar-refractivity contribution in [2.75, 3.05) is 6.79 Å². The maximum atomic E-state index is 12.4. The van der Waals surface area contributed by atoms with Crippen LogP contribution in [0.2, 0.25) is 10.0 Å². The predicted octanol–water partition coefficient (Wildman–Crippen LogP) is 1.91. The average Bonchev–Trinajstić information content (AvgIpc) is 3.24. The van der Waals surface area contributed by atoms with Crippen LogP contribution in [0.4, 0.5) is 0 Å². The van der Waals surface area contributed by atoms with Gasteiger partial charge in [0.25, 0.3) is 5.91 Å². The summed E-state index contributed by atoms with van der Waals surface area (Å²) < 4.78 is 15.7. The maximum absolute atomic E-state index is 12.4. The van der Waals surface area contributed by atoms with Crippen LogP contribution in [0, 0.1) is 0 Å². The molecule has 170 valence electrons. The number of carboxylic acids is 1. The summed E-state index contributed by atoms with van der Waals surface area (Å²) in [6, 6.07) is 10.6. The van der Waals surface area contributed by atoms with Crippen molar-refractivity contribution in [3.05, 3.63) is 63.6 Å². The Hall–Kier alpha value is -2.85. The number of hydrogen-bond donors (Lipinski definition) is 3. The minimum Gasteiger partial charge on any atom is -0.489 e. The lowest BCUT2D eigenvalue weighted by atomic mass is 10.0. The van der Waals surface area contributed by atoms with Crippen LogP contribution in [0.1, 0.15) is 11.1 Å². The van der Waals surface area contributed by atoms with E-state index < -0.39 is 36.0 Å². The number of benzene rings is 2. The highest BCUT2D eigenvalue weighted by molar-refractivity contribution is 6.35. The summed E-state index contributed by atoms with van der Waals surface area (Å²) in [7, 11) is 0. The molecule has 32 heavy (non-hydrogen) atoms. The van der Waals surface area contributed by atoms with E-state index in [2.05, 4.69) is 5.32 Å². The van der Waals surface area contributed by atoms with E-state index in [1.807, 2.05) is 0 Å². The Bertz CT molecular complexity index is 980. The lowest BCUT2D eigenvalue weighted by Crippen LogP contribution is -2.51. The van der Waals surface area contributed by atoms with Gasteiger partial charge in [0.2, 0.25) is 5.91 Å². The molecule has 0 bridgehead atoms. The number of carbonyl (C=O) groups is 3. The first-order valence-corrected chi connectivity index (χ1v) is 10.2. The largest absolute Gasteiger partial charge is 0.489 e. The van der Waals surface area contributed by atoms with Gasteiger partial charge < -0.3 is 30.4 Å². The van der Waals surface area contributed by atoms with E-state index in [9.17, 15) is 19.5 Å². The first-order chi connectivity index (χ1) is 15.3. The number of primary amides is 1. The van der Waals surface area contributed by atoms with Crippen LogP contribution in [0.25, 0.3) is 0 Å². The first kappa shape index (κ1) is 23.8. The van der Waals surface area contributed by atoms with Gasteiger partial charge in [0, 0.05) is 22.0 Å². The Kier molecular flexibility index (Phi) is 7.92. The van der Waals surface area contributed by atoms with E-state index >= 15 is 0 Å². The quantitative estimate of drug-likeness (QED) is 0.496. The summed E-state index contributed by atoms with van der Waals surface area (Å²) in [4.78, 5) is 35.3. The van der Waals surface area contributed by atoms with Gasteiger partial charge in [0.05, 0.1) is 0 Å². The van der Waals surface area contributed by atoms with Crippen molar-refractivity contribution >= 4 is 41.0 Å². The lowest BCUT2D eigenvalue weighted by molar-refractivity contribution is -0.144. The van der Waals surface area contributed by atoms with Crippen LogP contribution < -0.4 is 15.8 Å². The van der Waals surface area contributed by atoms with Crippen molar-refractivity contribution < 1.29 is 33.7 Å². The molecule has 1 aliphatic rings. The number of rotatable bonds is 9. The zero-order chi connectivity index (χ0) is 23.3. The van der Waals surface area contributed by atoms with Gasteiger partial charge in [0.1, 0.15) is 25.2 Å². The highest BCUT2D eigenvalue weighted by Crippen LogP contribution is 2.26. The van der Waals surface area contributed by atoms with E-state index in [-0.39, 0.29) is 19.8 Å². The third-order valence-electron chi connectivity index (χ3n) is 4.73. The van der Waals surface area contributed by atoms with Crippen molar-refractivity contribution in [1.29, 1.82) is 0 Å². The molecule has 9 nitrogen and oxygen atoms in total. The molecule has 3 rings (SSSR count). The smallest absolute Gasteiger partial charge is 0.326 e. The molecule has 0 saturated carbocycles.